The van der Waals surface area contributed by atoms with Gasteiger partial charge in [-0.25, -0.2) is 0 Å². The highest BCUT2D eigenvalue weighted by molar-refractivity contribution is 6.06. The molecule has 1 N–H and O–H groups in total. The zero-order valence-electron chi connectivity index (χ0n) is 12.6. The van der Waals surface area contributed by atoms with Gasteiger partial charge in [-0.15, -0.1) is 10.2 Å². The molecule has 0 spiro atoms. The number of rotatable bonds is 4. The van der Waals surface area contributed by atoms with E-state index in [1.165, 1.54) is 0 Å². The number of carbonyl (C=O) groups excluding carboxylic acids is 1. The van der Waals surface area contributed by atoms with Gasteiger partial charge < -0.3 is 9.88 Å². The molecule has 22 heavy (non-hydrogen) atoms. The summed E-state index contributed by atoms with van der Waals surface area (Å²) in [5.41, 5.74) is 3.45. The molecular formula is C16H17N5O. The van der Waals surface area contributed by atoms with E-state index < -0.39 is 0 Å². The highest BCUT2D eigenvalue weighted by Gasteiger charge is 2.11. The molecule has 0 radical (unpaired) electrons. The summed E-state index contributed by atoms with van der Waals surface area (Å²) in [5, 5.41) is 11.3. The predicted octanol–water partition coefficient (Wildman–Crippen LogP) is 1.87. The smallest absolute Gasteiger partial charge is 0.252 e. The number of benzene rings is 1. The van der Waals surface area contributed by atoms with Crippen LogP contribution in [0.5, 0.6) is 0 Å². The van der Waals surface area contributed by atoms with E-state index in [4.69, 9.17) is 0 Å². The summed E-state index contributed by atoms with van der Waals surface area (Å²) in [6, 6.07) is 7.78. The summed E-state index contributed by atoms with van der Waals surface area (Å²) in [7, 11) is 0. The van der Waals surface area contributed by atoms with E-state index in [1.807, 2.05) is 42.7 Å². The molecule has 2 heterocycles. The van der Waals surface area contributed by atoms with Gasteiger partial charge in [0.15, 0.2) is 0 Å². The molecule has 0 saturated carbocycles. The van der Waals surface area contributed by atoms with Crippen molar-refractivity contribution in [3.8, 4) is 0 Å². The van der Waals surface area contributed by atoms with Gasteiger partial charge in [0, 0.05) is 24.2 Å². The van der Waals surface area contributed by atoms with E-state index in [0.29, 0.717) is 18.7 Å². The molecule has 1 amide bonds. The summed E-state index contributed by atoms with van der Waals surface area (Å²) >= 11 is 0. The fraction of sp³-hybridized carbons (Fsp3) is 0.250. The van der Waals surface area contributed by atoms with E-state index in [-0.39, 0.29) is 5.91 Å². The summed E-state index contributed by atoms with van der Waals surface area (Å²) in [4.78, 5) is 17.0. The second-order valence-electron chi connectivity index (χ2n) is 5.29. The molecule has 112 valence electrons. The summed E-state index contributed by atoms with van der Waals surface area (Å²) < 4.78 is 1.82. The average Bonchev–Trinajstić information content (AvgIpc) is 3.00. The first-order chi connectivity index (χ1) is 10.6. The largest absolute Gasteiger partial charge is 0.350 e. The number of fused-ring (bicyclic) bond motifs is 1. The lowest BCUT2D eigenvalue weighted by molar-refractivity contribution is 0.0954. The normalized spacial score (nSPS) is 10.8. The minimum atomic E-state index is -0.0887. The molecule has 0 atom stereocenters. The second-order valence-corrected chi connectivity index (χ2v) is 5.29. The molecule has 0 aliphatic carbocycles. The molecule has 0 saturated heterocycles. The Morgan fingerprint density at radius 3 is 2.73 bits per heavy atom. The van der Waals surface area contributed by atoms with Crippen LogP contribution in [0.4, 0.5) is 0 Å². The quantitative estimate of drug-likeness (QED) is 0.797. The van der Waals surface area contributed by atoms with Crippen LogP contribution in [0.15, 0.2) is 36.9 Å². The van der Waals surface area contributed by atoms with Gasteiger partial charge in [0.25, 0.3) is 5.91 Å². The van der Waals surface area contributed by atoms with Crippen molar-refractivity contribution >= 4 is 16.8 Å². The third-order valence-corrected chi connectivity index (χ3v) is 3.46. The number of hydrogen-bond acceptors (Lipinski definition) is 4. The Kier molecular flexibility index (Phi) is 3.82. The van der Waals surface area contributed by atoms with Crippen LogP contribution >= 0.6 is 0 Å². The number of pyridine rings is 1. The third-order valence-electron chi connectivity index (χ3n) is 3.46. The SMILES string of the molecule is Cc1ccc2nc(C)cc(C(=O)NCCn3cnnc3)c2c1. The molecule has 3 aromatic rings. The van der Waals surface area contributed by atoms with Crippen molar-refractivity contribution in [3.05, 3.63) is 53.7 Å². The zero-order valence-corrected chi connectivity index (χ0v) is 12.6. The average molecular weight is 295 g/mol. The number of aromatic nitrogens is 4. The van der Waals surface area contributed by atoms with Gasteiger partial charge in [0.1, 0.15) is 12.7 Å². The monoisotopic (exact) mass is 295 g/mol. The molecule has 1 aromatic carbocycles. The first-order valence-electron chi connectivity index (χ1n) is 7.12. The Morgan fingerprint density at radius 1 is 1.18 bits per heavy atom. The van der Waals surface area contributed by atoms with E-state index in [1.54, 1.807) is 12.7 Å². The van der Waals surface area contributed by atoms with Crippen molar-refractivity contribution in [2.45, 2.75) is 20.4 Å². The van der Waals surface area contributed by atoms with Crippen molar-refractivity contribution in [1.82, 2.24) is 25.1 Å². The Bertz CT molecular complexity index is 811. The molecular weight excluding hydrogens is 278 g/mol. The van der Waals surface area contributed by atoms with Crippen molar-refractivity contribution in [2.75, 3.05) is 6.54 Å². The van der Waals surface area contributed by atoms with Crippen LogP contribution in [0, 0.1) is 13.8 Å². The maximum atomic E-state index is 12.5. The van der Waals surface area contributed by atoms with Crippen molar-refractivity contribution in [1.29, 1.82) is 0 Å². The Labute approximate surface area is 128 Å². The van der Waals surface area contributed by atoms with Gasteiger partial charge in [-0.2, -0.15) is 0 Å². The number of nitrogens with one attached hydrogen (secondary N) is 1. The van der Waals surface area contributed by atoms with E-state index in [2.05, 4.69) is 20.5 Å². The van der Waals surface area contributed by atoms with Crippen LogP contribution in [-0.2, 0) is 6.54 Å². The summed E-state index contributed by atoms with van der Waals surface area (Å²) in [6.45, 7) is 5.06. The number of aryl methyl sites for hydroxylation is 2. The van der Waals surface area contributed by atoms with Crippen LogP contribution in [0.3, 0.4) is 0 Å². The Hall–Kier alpha value is -2.76. The lowest BCUT2D eigenvalue weighted by Gasteiger charge is -2.10. The number of nitrogens with zero attached hydrogens (tertiary/aromatic N) is 4. The molecule has 0 unspecified atom stereocenters. The molecule has 6 heteroatoms. The van der Waals surface area contributed by atoms with Crippen LogP contribution in [0.2, 0.25) is 0 Å². The Morgan fingerprint density at radius 2 is 1.95 bits per heavy atom. The van der Waals surface area contributed by atoms with Gasteiger partial charge in [0.05, 0.1) is 11.1 Å². The predicted molar refractivity (Wildman–Crippen MR) is 83.6 cm³/mol. The van der Waals surface area contributed by atoms with Crippen molar-refractivity contribution < 1.29 is 4.79 Å². The maximum absolute atomic E-state index is 12.5. The van der Waals surface area contributed by atoms with E-state index in [9.17, 15) is 4.79 Å². The molecule has 0 bridgehead atoms. The second kappa shape index (κ2) is 5.93. The van der Waals surface area contributed by atoms with Crippen molar-refractivity contribution in [3.63, 3.8) is 0 Å². The number of amides is 1. The fourth-order valence-electron chi connectivity index (χ4n) is 2.39. The molecule has 6 nitrogen and oxygen atoms in total. The van der Waals surface area contributed by atoms with Gasteiger partial charge in [0.2, 0.25) is 0 Å². The zero-order chi connectivity index (χ0) is 15.5. The first-order valence-corrected chi connectivity index (χ1v) is 7.12. The van der Waals surface area contributed by atoms with E-state index >= 15 is 0 Å². The van der Waals surface area contributed by atoms with Gasteiger partial charge in [-0.3, -0.25) is 9.78 Å². The first kappa shape index (κ1) is 14.2. The Balaban J connectivity index is 1.82. The van der Waals surface area contributed by atoms with Gasteiger partial charge in [-0.1, -0.05) is 11.6 Å². The fourth-order valence-corrected chi connectivity index (χ4v) is 2.39. The third kappa shape index (κ3) is 2.95. The standard InChI is InChI=1S/C16H17N5O/c1-11-3-4-15-13(7-11)14(8-12(2)20-15)16(22)17-5-6-21-9-18-19-10-21/h3-4,7-10H,5-6H2,1-2H3,(H,17,22). The van der Waals surface area contributed by atoms with Gasteiger partial charge >= 0.3 is 0 Å². The van der Waals surface area contributed by atoms with Crippen LogP contribution in [0.25, 0.3) is 10.9 Å². The van der Waals surface area contributed by atoms with Crippen LogP contribution < -0.4 is 5.32 Å². The topological polar surface area (TPSA) is 72.7 Å². The summed E-state index contributed by atoms with van der Waals surface area (Å²) in [6.07, 6.45) is 3.25. The molecule has 2 aromatic heterocycles. The number of carbonyl (C=O) groups is 1. The van der Waals surface area contributed by atoms with Gasteiger partial charge in [-0.05, 0) is 32.0 Å². The molecule has 0 fully saturated rings. The summed E-state index contributed by atoms with van der Waals surface area (Å²) in [5.74, 6) is -0.0887. The minimum absolute atomic E-state index is 0.0887. The molecule has 0 aliphatic heterocycles. The lowest BCUT2D eigenvalue weighted by atomic mass is 10.0. The maximum Gasteiger partial charge on any atom is 0.252 e. The molecule has 3 rings (SSSR count). The number of hydrogen-bond donors (Lipinski definition) is 1. The molecule has 0 aliphatic rings. The van der Waals surface area contributed by atoms with Crippen molar-refractivity contribution in [2.24, 2.45) is 0 Å². The minimum Gasteiger partial charge on any atom is -0.350 e. The highest BCUT2D eigenvalue weighted by Crippen LogP contribution is 2.19. The lowest BCUT2D eigenvalue weighted by Crippen LogP contribution is -2.27. The van der Waals surface area contributed by atoms with Crippen LogP contribution in [-0.4, -0.2) is 32.2 Å². The van der Waals surface area contributed by atoms with E-state index in [0.717, 1.165) is 22.2 Å². The van der Waals surface area contributed by atoms with Crippen LogP contribution in [0.1, 0.15) is 21.6 Å². The highest BCUT2D eigenvalue weighted by atomic mass is 16.1.